The van der Waals surface area contributed by atoms with Crippen molar-refractivity contribution in [3.8, 4) is 0 Å². The van der Waals surface area contributed by atoms with Crippen molar-refractivity contribution in [1.82, 2.24) is 0 Å². The number of hydrogen-bond acceptors (Lipinski definition) is 12. The van der Waals surface area contributed by atoms with Gasteiger partial charge in [0.1, 0.15) is 12.2 Å². The van der Waals surface area contributed by atoms with Crippen LogP contribution < -0.4 is 0 Å². The molecule has 10 atom stereocenters. The van der Waals surface area contributed by atoms with Crippen LogP contribution in [-0.2, 0) is 57.0 Å². The minimum Gasteiger partial charge on any atom is -0.460 e. The van der Waals surface area contributed by atoms with Crippen molar-refractivity contribution in [3.05, 3.63) is 24.3 Å². The molecule has 3 aliphatic rings. The van der Waals surface area contributed by atoms with E-state index in [1.54, 1.807) is 27.7 Å². The quantitative estimate of drug-likeness (QED) is 0.325. The van der Waals surface area contributed by atoms with E-state index in [-0.39, 0.29) is 0 Å². The van der Waals surface area contributed by atoms with Gasteiger partial charge in [0, 0.05) is 41.3 Å². The summed E-state index contributed by atoms with van der Waals surface area (Å²) >= 11 is 0. The van der Waals surface area contributed by atoms with Gasteiger partial charge in [-0.1, -0.05) is 24.3 Å². The highest BCUT2D eigenvalue weighted by molar-refractivity contribution is 5.76. The molecule has 3 rings (SSSR count). The normalized spacial score (nSPS) is 44.8. The van der Waals surface area contributed by atoms with Crippen molar-refractivity contribution in [2.75, 3.05) is 28.4 Å². The number of esters is 2. The van der Waals surface area contributed by atoms with E-state index >= 15 is 0 Å². The average molecular weight is 629 g/mol. The van der Waals surface area contributed by atoms with Gasteiger partial charge in [0.25, 0.3) is 0 Å². The van der Waals surface area contributed by atoms with Crippen LogP contribution in [0.2, 0.25) is 0 Å². The van der Waals surface area contributed by atoms with Crippen LogP contribution in [0.5, 0.6) is 0 Å². The summed E-state index contributed by atoms with van der Waals surface area (Å²) in [6, 6.07) is 0. The minimum atomic E-state index is -1.35. The SMILES string of the molecule is CO[C@]1(C)O[C@H]2CC/C=C\C[C@@H](C)OC(=O)[C@@H]3O[C@@](C)(OC)[C@](C)(OC)O[C@H]3CC/C=C\C[C@@H](C)OC(=O)[C@@H]2O[C@@]1(C)OC. The molecular weight excluding hydrogens is 576 g/mol. The summed E-state index contributed by atoms with van der Waals surface area (Å²) in [6.07, 6.45) is 6.45. The van der Waals surface area contributed by atoms with E-state index in [4.69, 9.17) is 47.4 Å². The number of carbonyl (C=O) groups excluding carboxylic acids is 2. The fraction of sp³-hybridized carbons (Fsp3) is 0.812. The summed E-state index contributed by atoms with van der Waals surface area (Å²) in [4.78, 5) is 26.7. The summed E-state index contributed by atoms with van der Waals surface area (Å²) in [5, 5.41) is 0. The first-order chi connectivity index (χ1) is 20.7. The molecule has 0 bridgehead atoms. The molecule has 0 aliphatic carbocycles. The Hall–Kier alpha value is -1.90. The molecule has 44 heavy (non-hydrogen) atoms. The highest BCUT2D eigenvalue weighted by Gasteiger charge is 2.59. The van der Waals surface area contributed by atoms with E-state index in [0.29, 0.717) is 38.5 Å². The van der Waals surface area contributed by atoms with Gasteiger partial charge < -0.3 is 47.4 Å². The molecular formula is C32H52O12. The molecule has 0 amide bonds. The predicted octanol–water partition coefficient (Wildman–Crippen LogP) is 4.33. The Kier molecular flexibility index (Phi) is 12.6. The molecule has 0 aromatic rings. The molecule has 0 unspecified atom stereocenters. The fourth-order valence-electron chi connectivity index (χ4n) is 5.48. The zero-order valence-corrected chi connectivity index (χ0v) is 27.9. The van der Waals surface area contributed by atoms with E-state index in [9.17, 15) is 9.59 Å². The fourth-order valence-corrected chi connectivity index (χ4v) is 5.48. The second-order valence-corrected chi connectivity index (χ2v) is 12.1. The van der Waals surface area contributed by atoms with Crippen molar-refractivity contribution in [1.29, 1.82) is 0 Å². The number of cyclic esters (lactones) is 2. The summed E-state index contributed by atoms with van der Waals surface area (Å²) in [6.45, 7) is 10.4. The Labute approximate surface area is 261 Å². The zero-order valence-electron chi connectivity index (χ0n) is 27.9. The second kappa shape index (κ2) is 15.1. The third-order valence-corrected chi connectivity index (χ3v) is 8.94. The topological polar surface area (TPSA) is 126 Å². The third kappa shape index (κ3) is 7.90. The standard InChI is InChI=1S/C32H52O12/c1-21-17-13-11-15-19-24-26(44-32(6,38-10)30(4,36-8)42-24)28(34)40-22(2)18-14-12-16-20-23-25(27(33)39-21)43-31(5,37-9)29(3,35-7)41-23/h11-14,21-26H,15-20H2,1-10H3/b13-11-,14-12-/t21-,22-,23+,24+,25-,26-,29-,30-,31-,32-/m1/s1. The van der Waals surface area contributed by atoms with Gasteiger partial charge in [-0.2, -0.15) is 0 Å². The van der Waals surface area contributed by atoms with Gasteiger partial charge in [-0.25, -0.2) is 9.59 Å². The van der Waals surface area contributed by atoms with Gasteiger partial charge in [0.15, 0.2) is 12.2 Å². The highest BCUT2D eigenvalue weighted by Crippen LogP contribution is 2.42. The lowest BCUT2D eigenvalue weighted by molar-refractivity contribution is -0.444. The van der Waals surface area contributed by atoms with Gasteiger partial charge >= 0.3 is 11.9 Å². The van der Waals surface area contributed by atoms with Crippen LogP contribution in [0.1, 0.15) is 80.1 Å². The Morgan fingerprint density at radius 3 is 1.20 bits per heavy atom. The Bertz CT molecular complexity index is 953. The van der Waals surface area contributed by atoms with Crippen LogP contribution in [0, 0.1) is 0 Å². The molecule has 0 aromatic carbocycles. The van der Waals surface area contributed by atoms with Crippen molar-refractivity contribution in [2.45, 2.75) is 140 Å². The van der Waals surface area contributed by atoms with Crippen LogP contribution in [0.25, 0.3) is 0 Å². The predicted molar refractivity (Wildman–Crippen MR) is 158 cm³/mol. The van der Waals surface area contributed by atoms with Crippen molar-refractivity contribution >= 4 is 11.9 Å². The van der Waals surface area contributed by atoms with Crippen LogP contribution in [0.3, 0.4) is 0 Å². The Morgan fingerprint density at radius 2 is 0.886 bits per heavy atom. The molecule has 3 heterocycles. The number of ether oxygens (including phenoxy) is 10. The summed E-state index contributed by atoms with van der Waals surface area (Å²) in [5.41, 5.74) is 0. The van der Waals surface area contributed by atoms with Gasteiger partial charge in [0.05, 0.1) is 12.2 Å². The molecule has 12 nitrogen and oxygen atoms in total. The van der Waals surface area contributed by atoms with Gasteiger partial charge in [-0.15, -0.1) is 0 Å². The molecule has 2 saturated heterocycles. The monoisotopic (exact) mass is 628 g/mol. The maximum Gasteiger partial charge on any atom is 0.338 e. The zero-order chi connectivity index (χ0) is 32.8. The van der Waals surface area contributed by atoms with Gasteiger partial charge in [0.2, 0.25) is 23.1 Å². The smallest absolute Gasteiger partial charge is 0.338 e. The Morgan fingerprint density at radius 1 is 0.568 bits per heavy atom. The molecule has 0 saturated carbocycles. The number of rotatable bonds is 4. The maximum atomic E-state index is 13.4. The largest absolute Gasteiger partial charge is 0.460 e. The van der Waals surface area contributed by atoms with Crippen LogP contribution >= 0.6 is 0 Å². The first-order valence-corrected chi connectivity index (χ1v) is 15.3. The molecule has 3 aliphatic heterocycles. The number of allylic oxidation sites excluding steroid dienone is 2. The number of fused-ring (bicyclic) bond motifs is 2. The van der Waals surface area contributed by atoms with E-state index < -0.39 is 71.7 Å². The number of methoxy groups -OCH3 is 4. The minimum absolute atomic E-state index is 0.435. The van der Waals surface area contributed by atoms with Gasteiger partial charge in [-0.3, -0.25) is 0 Å². The summed E-state index contributed by atoms with van der Waals surface area (Å²) < 4.78 is 59.1. The first-order valence-electron chi connectivity index (χ1n) is 15.3. The molecule has 252 valence electrons. The molecule has 0 aromatic heterocycles. The third-order valence-electron chi connectivity index (χ3n) is 8.94. The summed E-state index contributed by atoms with van der Waals surface area (Å²) in [7, 11) is 5.95. The summed E-state index contributed by atoms with van der Waals surface area (Å²) in [5.74, 6) is -6.30. The van der Waals surface area contributed by atoms with Gasteiger partial charge in [-0.05, 0) is 67.2 Å². The van der Waals surface area contributed by atoms with Crippen LogP contribution in [-0.4, -0.2) is 100 Å². The van der Waals surface area contributed by atoms with Crippen LogP contribution in [0.15, 0.2) is 24.3 Å². The van der Waals surface area contributed by atoms with Crippen molar-refractivity contribution in [2.24, 2.45) is 0 Å². The highest BCUT2D eigenvalue weighted by atomic mass is 16.8. The average Bonchev–Trinajstić information content (AvgIpc) is 2.99. The molecule has 2 fully saturated rings. The number of carbonyl (C=O) groups is 2. The molecule has 0 radical (unpaired) electrons. The molecule has 12 heteroatoms. The van der Waals surface area contributed by atoms with E-state index in [1.165, 1.54) is 28.4 Å². The van der Waals surface area contributed by atoms with Crippen LogP contribution in [0.4, 0.5) is 0 Å². The maximum absolute atomic E-state index is 13.4. The first kappa shape index (κ1) is 36.6. The van der Waals surface area contributed by atoms with E-state index in [1.807, 2.05) is 38.2 Å². The molecule has 0 spiro atoms. The van der Waals surface area contributed by atoms with E-state index in [0.717, 1.165) is 0 Å². The lowest BCUT2D eigenvalue weighted by Gasteiger charge is -2.51. The van der Waals surface area contributed by atoms with Crippen molar-refractivity contribution in [3.63, 3.8) is 0 Å². The second-order valence-electron chi connectivity index (χ2n) is 12.1. The van der Waals surface area contributed by atoms with E-state index in [2.05, 4.69) is 0 Å². The number of hydrogen-bond donors (Lipinski definition) is 0. The molecule has 0 N–H and O–H groups in total. The Balaban J connectivity index is 1.82. The lowest BCUT2D eigenvalue weighted by atomic mass is 10.00. The van der Waals surface area contributed by atoms with Crippen molar-refractivity contribution < 1.29 is 57.0 Å². The lowest BCUT2D eigenvalue weighted by Crippen LogP contribution is -2.66.